The third-order valence-electron chi connectivity index (χ3n) is 3.81. The topological polar surface area (TPSA) is 127 Å². The molecule has 148 valence electrons. The van der Waals surface area contributed by atoms with Crippen LogP contribution in [-0.2, 0) is 6.54 Å². The molecule has 0 spiro atoms. The number of nitrogens with zero attached hydrogens (tertiary/aromatic N) is 1. The third-order valence-corrected chi connectivity index (χ3v) is 4.04. The highest BCUT2D eigenvalue weighted by atomic mass is 35.5. The largest absolute Gasteiger partial charge is 0.467 e. The molecular weight excluding hydrogens is 400 g/mol. The maximum absolute atomic E-state index is 12.4. The SMILES string of the molecule is O=C(NCc1ccco1)Nc1ccc(NC(=O)c2ccc(Cl)cc2[N+](=O)[O-])cc1. The maximum Gasteiger partial charge on any atom is 0.319 e. The van der Waals surface area contributed by atoms with Crippen LogP contribution in [0.15, 0.2) is 65.3 Å². The maximum atomic E-state index is 12.4. The number of anilines is 2. The molecule has 3 amide bonds. The highest BCUT2D eigenvalue weighted by Crippen LogP contribution is 2.24. The van der Waals surface area contributed by atoms with Crippen LogP contribution in [0.25, 0.3) is 0 Å². The minimum absolute atomic E-state index is 0.112. The van der Waals surface area contributed by atoms with Gasteiger partial charge in [0, 0.05) is 22.5 Å². The first-order chi connectivity index (χ1) is 13.9. The number of carbonyl (C=O) groups excluding carboxylic acids is 2. The van der Waals surface area contributed by atoms with Crippen molar-refractivity contribution >= 4 is 40.6 Å². The number of hydrogen-bond donors (Lipinski definition) is 3. The molecule has 0 saturated carbocycles. The fraction of sp³-hybridized carbons (Fsp3) is 0.0526. The fourth-order valence-corrected chi connectivity index (χ4v) is 2.61. The van der Waals surface area contributed by atoms with E-state index in [2.05, 4.69) is 16.0 Å². The second kappa shape index (κ2) is 8.89. The van der Waals surface area contributed by atoms with Gasteiger partial charge in [0.25, 0.3) is 11.6 Å². The quantitative estimate of drug-likeness (QED) is 0.406. The van der Waals surface area contributed by atoms with Crippen molar-refractivity contribution < 1.29 is 18.9 Å². The van der Waals surface area contributed by atoms with Gasteiger partial charge < -0.3 is 20.4 Å². The lowest BCUT2D eigenvalue weighted by Gasteiger charge is -2.09. The number of rotatable bonds is 6. The fourth-order valence-electron chi connectivity index (χ4n) is 2.44. The summed E-state index contributed by atoms with van der Waals surface area (Å²) in [6.45, 7) is 0.243. The number of amides is 3. The van der Waals surface area contributed by atoms with Gasteiger partial charge in [-0.3, -0.25) is 14.9 Å². The second-order valence-corrected chi connectivity index (χ2v) is 6.27. The summed E-state index contributed by atoms with van der Waals surface area (Å²) in [6.07, 6.45) is 1.51. The van der Waals surface area contributed by atoms with E-state index >= 15 is 0 Å². The molecule has 3 N–H and O–H groups in total. The molecule has 9 nitrogen and oxygen atoms in total. The van der Waals surface area contributed by atoms with Gasteiger partial charge >= 0.3 is 6.03 Å². The van der Waals surface area contributed by atoms with Crippen LogP contribution in [-0.4, -0.2) is 16.9 Å². The number of nitro groups is 1. The van der Waals surface area contributed by atoms with Gasteiger partial charge in [0.2, 0.25) is 0 Å². The lowest BCUT2D eigenvalue weighted by Crippen LogP contribution is -2.27. The smallest absolute Gasteiger partial charge is 0.319 e. The van der Waals surface area contributed by atoms with E-state index in [1.165, 1.54) is 18.4 Å². The Morgan fingerprint density at radius 1 is 1.03 bits per heavy atom. The summed E-state index contributed by atoms with van der Waals surface area (Å²) in [6, 6.07) is 13.1. The highest BCUT2D eigenvalue weighted by molar-refractivity contribution is 6.31. The average Bonchev–Trinajstić information content (AvgIpc) is 3.21. The van der Waals surface area contributed by atoms with Crippen molar-refractivity contribution in [2.45, 2.75) is 6.54 Å². The third kappa shape index (κ3) is 5.33. The number of benzene rings is 2. The van der Waals surface area contributed by atoms with Gasteiger partial charge in [0.15, 0.2) is 0 Å². The first kappa shape index (κ1) is 19.9. The van der Waals surface area contributed by atoms with Gasteiger partial charge in [0.1, 0.15) is 11.3 Å². The van der Waals surface area contributed by atoms with E-state index in [9.17, 15) is 19.7 Å². The van der Waals surface area contributed by atoms with E-state index in [-0.39, 0.29) is 22.8 Å². The Labute approximate surface area is 169 Å². The van der Waals surface area contributed by atoms with E-state index < -0.39 is 16.9 Å². The predicted molar refractivity (Wildman–Crippen MR) is 107 cm³/mol. The van der Waals surface area contributed by atoms with Crippen molar-refractivity contribution in [3.8, 4) is 0 Å². The van der Waals surface area contributed by atoms with Crippen LogP contribution in [0.1, 0.15) is 16.1 Å². The molecule has 0 saturated heterocycles. The molecule has 0 unspecified atom stereocenters. The molecule has 0 bridgehead atoms. The summed E-state index contributed by atoms with van der Waals surface area (Å²) < 4.78 is 5.12. The minimum Gasteiger partial charge on any atom is -0.467 e. The molecule has 0 radical (unpaired) electrons. The summed E-state index contributed by atoms with van der Waals surface area (Å²) in [7, 11) is 0. The summed E-state index contributed by atoms with van der Waals surface area (Å²) >= 11 is 5.76. The monoisotopic (exact) mass is 414 g/mol. The van der Waals surface area contributed by atoms with Crippen molar-refractivity contribution in [1.82, 2.24) is 5.32 Å². The van der Waals surface area contributed by atoms with Gasteiger partial charge in [-0.05, 0) is 48.5 Å². The van der Waals surface area contributed by atoms with E-state index in [0.29, 0.717) is 17.1 Å². The minimum atomic E-state index is -0.671. The number of furan rings is 1. The Morgan fingerprint density at radius 3 is 2.34 bits per heavy atom. The Balaban J connectivity index is 1.60. The van der Waals surface area contributed by atoms with Crippen LogP contribution in [0.2, 0.25) is 5.02 Å². The van der Waals surface area contributed by atoms with E-state index in [1.807, 2.05) is 0 Å². The summed E-state index contributed by atoms with van der Waals surface area (Å²) in [5, 5.41) is 19.1. The van der Waals surface area contributed by atoms with Crippen LogP contribution in [0.3, 0.4) is 0 Å². The summed E-state index contributed by atoms with van der Waals surface area (Å²) in [4.78, 5) is 34.7. The van der Waals surface area contributed by atoms with Crippen molar-refractivity contribution in [2.24, 2.45) is 0 Å². The number of carbonyl (C=O) groups is 2. The zero-order valence-corrected chi connectivity index (χ0v) is 15.6. The first-order valence-corrected chi connectivity index (χ1v) is 8.73. The molecule has 1 heterocycles. The molecule has 29 heavy (non-hydrogen) atoms. The normalized spacial score (nSPS) is 10.2. The van der Waals surface area contributed by atoms with Gasteiger partial charge in [-0.2, -0.15) is 0 Å². The van der Waals surface area contributed by atoms with Crippen molar-refractivity contribution in [3.63, 3.8) is 0 Å². The molecular formula is C19H15ClN4O5. The Kier molecular flexibility index (Phi) is 6.10. The molecule has 2 aromatic carbocycles. The predicted octanol–water partition coefficient (Wildman–Crippen LogP) is 4.42. The van der Waals surface area contributed by atoms with Crippen LogP contribution >= 0.6 is 11.6 Å². The molecule has 0 aliphatic heterocycles. The zero-order chi connectivity index (χ0) is 20.8. The molecule has 1 aromatic heterocycles. The van der Waals surface area contributed by atoms with E-state index in [0.717, 1.165) is 6.07 Å². The van der Waals surface area contributed by atoms with Crippen LogP contribution in [0, 0.1) is 10.1 Å². The number of nitrogens with one attached hydrogen (secondary N) is 3. The molecule has 3 rings (SSSR count). The molecule has 0 aliphatic carbocycles. The number of hydrogen-bond acceptors (Lipinski definition) is 5. The Hall–Kier alpha value is -3.85. The van der Waals surface area contributed by atoms with Crippen LogP contribution < -0.4 is 16.0 Å². The molecule has 0 atom stereocenters. The lowest BCUT2D eigenvalue weighted by atomic mass is 10.1. The standard InChI is InChI=1S/C19H15ClN4O5/c20-12-3-8-16(17(10-12)24(27)28)18(25)22-13-4-6-14(7-5-13)23-19(26)21-11-15-2-1-9-29-15/h1-10H,11H2,(H,22,25)(H2,21,23,26). The van der Waals surface area contributed by atoms with Gasteiger partial charge in [-0.25, -0.2) is 4.79 Å². The zero-order valence-electron chi connectivity index (χ0n) is 14.8. The number of halogens is 1. The van der Waals surface area contributed by atoms with E-state index in [1.54, 1.807) is 36.4 Å². The number of nitro benzene ring substituents is 1. The second-order valence-electron chi connectivity index (χ2n) is 5.84. The Morgan fingerprint density at radius 2 is 1.72 bits per heavy atom. The molecule has 0 fully saturated rings. The molecule has 0 aliphatic rings. The van der Waals surface area contributed by atoms with Crippen molar-refractivity contribution in [1.29, 1.82) is 0 Å². The van der Waals surface area contributed by atoms with Crippen LogP contribution in [0.5, 0.6) is 0 Å². The van der Waals surface area contributed by atoms with Gasteiger partial charge in [0.05, 0.1) is 17.7 Å². The summed E-state index contributed by atoms with van der Waals surface area (Å²) in [5.41, 5.74) is 0.402. The molecule has 3 aromatic rings. The van der Waals surface area contributed by atoms with Crippen LogP contribution in [0.4, 0.5) is 21.9 Å². The summed E-state index contributed by atoms with van der Waals surface area (Å²) in [5.74, 6) is -0.0280. The van der Waals surface area contributed by atoms with Gasteiger partial charge in [-0.15, -0.1) is 0 Å². The number of urea groups is 1. The first-order valence-electron chi connectivity index (χ1n) is 8.35. The van der Waals surface area contributed by atoms with Crippen molar-refractivity contribution in [2.75, 3.05) is 10.6 Å². The average molecular weight is 415 g/mol. The molecule has 10 heteroatoms. The van der Waals surface area contributed by atoms with Crippen molar-refractivity contribution in [3.05, 3.63) is 87.3 Å². The van der Waals surface area contributed by atoms with E-state index in [4.69, 9.17) is 16.0 Å². The Bertz CT molecular complexity index is 1040. The lowest BCUT2D eigenvalue weighted by molar-refractivity contribution is -0.385. The van der Waals surface area contributed by atoms with Gasteiger partial charge in [-0.1, -0.05) is 11.6 Å². The highest BCUT2D eigenvalue weighted by Gasteiger charge is 2.20.